The highest BCUT2D eigenvalue weighted by atomic mass is 15.0. The number of aryl methyl sites for hydroxylation is 1. The summed E-state index contributed by atoms with van der Waals surface area (Å²) in [6, 6.07) is 6.35. The molecular weight excluding hydrogens is 224 g/mol. The molecule has 0 aromatic carbocycles. The van der Waals surface area contributed by atoms with Crippen LogP contribution in [0.3, 0.4) is 0 Å². The molecule has 18 heavy (non-hydrogen) atoms. The summed E-state index contributed by atoms with van der Waals surface area (Å²) >= 11 is 0. The Morgan fingerprint density at radius 2 is 2.22 bits per heavy atom. The third-order valence-corrected chi connectivity index (χ3v) is 2.98. The van der Waals surface area contributed by atoms with Gasteiger partial charge in [0.15, 0.2) is 0 Å². The van der Waals surface area contributed by atoms with Crippen LogP contribution in [0.25, 0.3) is 0 Å². The lowest BCUT2D eigenvalue weighted by molar-refractivity contribution is 0.516. The van der Waals surface area contributed by atoms with Crippen molar-refractivity contribution in [3.8, 4) is 0 Å². The molecule has 0 saturated carbocycles. The molecule has 0 aliphatic heterocycles. The van der Waals surface area contributed by atoms with Crippen LogP contribution in [0, 0.1) is 0 Å². The number of hydrogen-bond acceptors (Lipinski definition) is 3. The maximum Gasteiger partial charge on any atom is 0.0945 e. The minimum atomic E-state index is 0.319. The number of hydrogen-bond donors (Lipinski definition) is 1. The van der Waals surface area contributed by atoms with E-state index in [1.165, 1.54) is 0 Å². The van der Waals surface area contributed by atoms with Crippen LogP contribution >= 0.6 is 0 Å². The van der Waals surface area contributed by atoms with Gasteiger partial charge in [-0.1, -0.05) is 6.07 Å². The van der Waals surface area contributed by atoms with Gasteiger partial charge < -0.3 is 9.88 Å². The van der Waals surface area contributed by atoms with Crippen molar-refractivity contribution < 1.29 is 0 Å². The van der Waals surface area contributed by atoms with Gasteiger partial charge in [-0.25, -0.2) is 4.98 Å². The summed E-state index contributed by atoms with van der Waals surface area (Å²) in [4.78, 5) is 8.37. The Morgan fingerprint density at radius 1 is 1.28 bits per heavy atom. The van der Waals surface area contributed by atoms with Gasteiger partial charge in [-0.2, -0.15) is 0 Å². The van der Waals surface area contributed by atoms with Crippen molar-refractivity contribution in [3.63, 3.8) is 0 Å². The third-order valence-electron chi connectivity index (χ3n) is 2.98. The number of pyridine rings is 1. The summed E-state index contributed by atoms with van der Waals surface area (Å²) < 4.78 is 2.11. The monoisotopic (exact) mass is 244 g/mol. The second-order valence-electron chi connectivity index (χ2n) is 4.44. The Balaban J connectivity index is 1.61. The van der Waals surface area contributed by atoms with E-state index in [1.54, 1.807) is 0 Å². The molecule has 2 rings (SSSR count). The average Bonchev–Trinajstić information content (AvgIpc) is 2.92. The number of nitrogens with one attached hydrogen (secondary N) is 1. The molecule has 1 atom stereocenters. The Bertz CT molecular complexity index is 424. The van der Waals surface area contributed by atoms with Gasteiger partial charge in [0.05, 0.1) is 12.0 Å². The van der Waals surface area contributed by atoms with Crippen LogP contribution in [0.15, 0.2) is 43.1 Å². The number of unbranched alkanes of at least 4 members (excludes halogenated alkanes) is 1. The quantitative estimate of drug-likeness (QED) is 0.761. The van der Waals surface area contributed by atoms with Crippen LogP contribution in [0.5, 0.6) is 0 Å². The first-order valence-electron chi connectivity index (χ1n) is 6.46. The molecule has 4 heteroatoms. The fraction of sp³-hybridized carbons (Fsp3) is 0.429. The first kappa shape index (κ1) is 12.8. The van der Waals surface area contributed by atoms with Crippen molar-refractivity contribution in [3.05, 3.63) is 48.8 Å². The first-order valence-corrected chi connectivity index (χ1v) is 6.46. The van der Waals surface area contributed by atoms with Gasteiger partial charge in [-0.15, -0.1) is 0 Å². The molecule has 1 unspecified atom stereocenters. The largest absolute Gasteiger partial charge is 0.337 e. The van der Waals surface area contributed by atoms with E-state index in [9.17, 15) is 0 Å². The van der Waals surface area contributed by atoms with Crippen LogP contribution in [0.4, 0.5) is 0 Å². The Labute approximate surface area is 108 Å². The number of imidazole rings is 1. The normalized spacial score (nSPS) is 12.5. The van der Waals surface area contributed by atoms with Gasteiger partial charge in [0, 0.05) is 31.2 Å². The number of aromatic nitrogens is 3. The lowest BCUT2D eigenvalue weighted by atomic mass is 10.2. The summed E-state index contributed by atoms with van der Waals surface area (Å²) in [5.41, 5.74) is 1.10. The maximum absolute atomic E-state index is 4.34. The fourth-order valence-corrected chi connectivity index (χ4v) is 1.89. The molecule has 0 amide bonds. The second kappa shape index (κ2) is 6.91. The van der Waals surface area contributed by atoms with E-state index in [0.29, 0.717) is 6.04 Å². The highest BCUT2D eigenvalue weighted by Crippen LogP contribution is 2.07. The van der Waals surface area contributed by atoms with Crippen molar-refractivity contribution in [2.75, 3.05) is 6.54 Å². The van der Waals surface area contributed by atoms with E-state index in [2.05, 4.69) is 32.8 Å². The summed E-state index contributed by atoms with van der Waals surface area (Å²) in [6.45, 7) is 4.21. The van der Waals surface area contributed by atoms with Gasteiger partial charge in [0.2, 0.25) is 0 Å². The maximum atomic E-state index is 4.34. The average molecular weight is 244 g/mol. The van der Waals surface area contributed by atoms with E-state index < -0.39 is 0 Å². The van der Waals surface area contributed by atoms with Crippen molar-refractivity contribution >= 4 is 0 Å². The molecule has 0 aliphatic rings. The molecule has 0 bridgehead atoms. The molecule has 2 heterocycles. The molecule has 0 fully saturated rings. The summed E-state index contributed by atoms with van der Waals surface area (Å²) in [6.07, 6.45) is 9.86. The van der Waals surface area contributed by atoms with Gasteiger partial charge in [0.25, 0.3) is 0 Å². The molecular formula is C14H20N4. The predicted molar refractivity (Wildman–Crippen MR) is 72.1 cm³/mol. The number of rotatable bonds is 7. The minimum absolute atomic E-state index is 0.319. The predicted octanol–water partition coefficient (Wildman–Crippen LogP) is 2.41. The highest BCUT2D eigenvalue weighted by molar-refractivity contribution is 5.07. The molecule has 96 valence electrons. The molecule has 0 saturated heterocycles. The van der Waals surface area contributed by atoms with Gasteiger partial charge in [-0.05, 0) is 38.4 Å². The van der Waals surface area contributed by atoms with Crippen molar-refractivity contribution in [1.29, 1.82) is 0 Å². The van der Waals surface area contributed by atoms with Gasteiger partial charge in [-0.3, -0.25) is 4.98 Å². The fourth-order valence-electron chi connectivity index (χ4n) is 1.89. The zero-order valence-corrected chi connectivity index (χ0v) is 10.8. The van der Waals surface area contributed by atoms with E-state index >= 15 is 0 Å². The van der Waals surface area contributed by atoms with Crippen molar-refractivity contribution in [1.82, 2.24) is 19.9 Å². The summed E-state index contributed by atoms with van der Waals surface area (Å²) in [5, 5.41) is 3.49. The molecule has 1 N–H and O–H groups in total. The van der Waals surface area contributed by atoms with Crippen LogP contribution < -0.4 is 5.32 Å². The van der Waals surface area contributed by atoms with Crippen LogP contribution in [0.1, 0.15) is 31.5 Å². The van der Waals surface area contributed by atoms with Crippen LogP contribution in [-0.4, -0.2) is 21.1 Å². The lowest BCUT2D eigenvalue weighted by Gasteiger charge is -2.12. The van der Waals surface area contributed by atoms with E-state index in [1.807, 2.05) is 37.1 Å². The van der Waals surface area contributed by atoms with Crippen molar-refractivity contribution in [2.45, 2.75) is 32.4 Å². The lowest BCUT2D eigenvalue weighted by Crippen LogP contribution is -2.20. The SMILES string of the molecule is CC(NCCCCn1ccnc1)c1ccccn1. The minimum Gasteiger partial charge on any atom is -0.337 e. The van der Waals surface area contributed by atoms with Crippen LogP contribution in [-0.2, 0) is 6.54 Å². The van der Waals surface area contributed by atoms with Crippen LogP contribution in [0.2, 0.25) is 0 Å². The van der Waals surface area contributed by atoms with Gasteiger partial charge >= 0.3 is 0 Å². The Morgan fingerprint density at radius 3 is 2.94 bits per heavy atom. The highest BCUT2D eigenvalue weighted by Gasteiger charge is 2.03. The summed E-state index contributed by atoms with van der Waals surface area (Å²) in [7, 11) is 0. The first-order chi connectivity index (χ1) is 8.86. The standard InChI is InChI=1S/C14H20N4/c1-13(14-6-2-3-8-17-14)16-7-4-5-10-18-11-9-15-12-18/h2-3,6,8-9,11-13,16H,4-5,7,10H2,1H3. The molecule has 0 aliphatic carbocycles. The van der Waals surface area contributed by atoms with Gasteiger partial charge in [0.1, 0.15) is 0 Å². The smallest absolute Gasteiger partial charge is 0.0945 e. The third kappa shape index (κ3) is 3.96. The zero-order chi connectivity index (χ0) is 12.6. The second-order valence-corrected chi connectivity index (χ2v) is 4.44. The zero-order valence-electron chi connectivity index (χ0n) is 10.8. The Kier molecular flexibility index (Phi) is 4.90. The topological polar surface area (TPSA) is 42.7 Å². The number of nitrogens with zero attached hydrogens (tertiary/aromatic N) is 3. The molecule has 0 radical (unpaired) electrons. The van der Waals surface area contributed by atoms with E-state index in [0.717, 1.165) is 31.6 Å². The molecule has 0 spiro atoms. The molecule has 4 nitrogen and oxygen atoms in total. The molecule has 2 aromatic heterocycles. The Hall–Kier alpha value is -1.68. The van der Waals surface area contributed by atoms with Crippen molar-refractivity contribution in [2.24, 2.45) is 0 Å². The summed E-state index contributed by atoms with van der Waals surface area (Å²) in [5.74, 6) is 0. The van der Waals surface area contributed by atoms with E-state index in [-0.39, 0.29) is 0 Å². The molecule has 2 aromatic rings. The van der Waals surface area contributed by atoms with E-state index in [4.69, 9.17) is 0 Å².